The Morgan fingerprint density at radius 1 is 0.917 bits per heavy atom. The molecule has 0 aliphatic carbocycles. The van der Waals surface area contributed by atoms with Gasteiger partial charge in [0.25, 0.3) is 0 Å². The molecule has 0 saturated heterocycles. The Labute approximate surface area is 215 Å². The molecule has 0 saturated carbocycles. The molecule has 11 heteroatoms. The molecule has 36 heavy (non-hydrogen) atoms. The molecule has 1 aromatic heterocycles. The minimum Gasteiger partial charge on any atom is -0.493 e. The van der Waals surface area contributed by atoms with E-state index in [2.05, 4.69) is 30.9 Å². The second kappa shape index (κ2) is 12.6. The van der Waals surface area contributed by atoms with Gasteiger partial charge >= 0.3 is 0 Å². The number of benzene rings is 2. The molecule has 2 aromatic carbocycles. The van der Waals surface area contributed by atoms with Crippen molar-refractivity contribution in [3.63, 3.8) is 0 Å². The number of halogens is 1. The fourth-order valence-corrected chi connectivity index (χ4v) is 3.58. The van der Waals surface area contributed by atoms with Gasteiger partial charge in [-0.2, -0.15) is 0 Å². The third kappa shape index (κ3) is 7.51. The molecule has 0 bridgehead atoms. The summed E-state index contributed by atoms with van der Waals surface area (Å²) in [5.41, 5.74) is 3.21. The Hall–Kier alpha value is -3.99. The minimum absolute atomic E-state index is 0.265. The van der Waals surface area contributed by atoms with Gasteiger partial charge in [0.15, 0.2) is 16.6 Å². The van der Waals surface area contributed by atoms with Gasteiger partial charge in [0.1, 0.15) is 5.82 Å². The highest BCUT2D eigenvalue weighted by molar-refractivity contribution is 7.80. The second-order valence-electron chi connectivity index (χ2n) is 7.70. The number of nitrogens with one attached hydrogen (secondary N) is 3. The molecule has 0 aliphatic rings. The maximum Gasteiger partial charge on any atom is 0.229 e. The number of aliphatic imine (C=N–C) groups is 1. The number of rotatable bonds is 8. The van der Waals surface area contributed by atoms with Crippen LogP contribution in [0.4, 0.5) is 16.0 Å². The van der Waals surface area contributed by atoms with Gasteiger partial charge in [0.05, 0.1) is 21.3 Å². The van der Waals surface area contributed by atoms with Crippen molar-refractivity contribution in [3.8, 4) is 17.2 Å². The predicted molar refractivity (Wildman–Crippen MR) is 143 cm³/mol. The zero-order valence-corrected chi connectivity index (χ0v) is 21.6. The number of aryl methyl sites for hydroxylation is 2. The Bertz CT molecular complexity index is 1190. The lowest BCUT2D eigenvalue weighted by Gasteiger charge is -2.17. The topological polar surface area (TPSA) is 102 Å². The molecule has 0 unspecified atom stereocenters. The summed E-state index contributed by atoms with van der Waals surface area (Å²) in [6, 6.07) is 11.7. The van der Waals surface area contributed by atoms with E-state index >= 15 is 0 Å². The number of hydrogen-bond acceptors (Lipinski definition) is 7. The Kier molecular flexibility index (Phi) is 9.34. The van der Waals surface area contributed by atoms with Crippen LogP contribution in [0.25, 0.3) is 0 Å². The quantitative estimate of drug-likeness (QED) is 0.232. The minimum atomic E-state index is -0.276. The molecule has 3 aromatic rings. The Morgan fingerprint density at radius 2 is 1.53 bits per heavy atom. The van der Waals surface area contributed by atoms with Crippen molar-refractivity contribution in [1.82, 2.24) is 15.3 Å². The Balaban J connectivity index is 1.78. The summed E-state index contributed by atoms with van der Waals surface area (Å²) in [5, 5.41) is 9.52. The van der Waals surface area contributed by atoms with Crippen molar-refractivity contribution in [1.29, 1.82) is 0 Å². The summed E-state index contributed by atoms with van der Waals surface area (Å²) in [5.74, 6) is 1.90. The first kappa shape index (κ1) is 26.6. The van der Waals surface area contributed by atoms with Crippen molar-refractivity contribution >= 4 is 34.9 Å². The van der Waals surface area contributed by atoms with Gasteiger partial charge in [-0.25, -0.2) is 14.4 Å². The highest BCUT2D eigenvalue weighted by Gasteiger charge is 2.14. The standard InChI is InChI=1S/C25H29FN6O3S/c1-15-12-16(2)29-24(28-15)31-23(27-11-10-17-6-8-18(26)9-7-17)32-25(36)30-19-13-20(33-3)22(35-5)21(14-19)34-4/h6-9,12-14H,10-11H2,1-5H3,(H3,27,28,29,30,31,32,36). The molecule has 3 N–H and O–H groups in total. The van der Waals surface area contributed by atoms with E-state index in [0.29, 0.717) is 47.8 Å². The van der Waals surface area contributed by atoms with Gasteiger partial charge in [-0.3, -0.25) is 10.3 Å². The summed E-state index contributed by atoms with van der Waals surface area (Å²) in [7, 11) is 4.61. The van der Waals surface area contributed by atoms with E-state index < -0.39 is 0 Å². The van der Waals surface area contributed by atoms with Crippen LogP contribution in [0.5, 0.6) is 17.2 Å². The number of nitrogens with zero attached hydrogens (tertiary/aromatic N) is 3. The molecule has 0 atom stereocenters. The maximum atomic E-state index is 13.2. The first-order chi connectivity index (χ1) is 17.3. The van der Waals surface area contributed by atoms with Crippen molar-refractivity contribution in [2.75, 3.05) is 38.5 Å². The smallest absolute Gasteiger partial charge is 0.229 e. The lowest BCUT2D eigenvalue weighted by molar-refractivity contribution is 0.324. The van der Waals surface area contributed by atoms with Crippen LogP contribution in [0, 0.1) is 19.7 Å². The zero-order valence-electron chi connectivity index (χ0n) is 20.8. The first-order valence-corrected chi connectivity index (χ1v) is 11.5. The molecule has 0 aliphatic heterocycles. The van der Waals surface area contributed by atoms with Gasteiger partial charge < -0.3 is 24.8 Å². The molecule has 190 valence electrons. The van der Waals surface area contributed by atoms with Crippen LogP contribution in [-0.2, 0) is 6.42 Å². The lowest BCUT2D eigenvalue weighted by Crippen LogP contribution is -2.39. The number of anilines is 2. The van der Waals surface area contributed by atoms with E-state index in [1.165, 1.54) is 33.5 Å². The van der Waals surface area contributed by atoms with E-state index in [9.17, 15) is 4.39 Å². The molecule has 0 fully saturated rings. The van der Waals surface area contributed by atoms with Gasteiger partial charge in [-0.1, -0.05) is 12.1 Å². The van der Waals surface area contributed by atoms with E-state index in [4.69, 9.17) is 26.4 Å². The van der Waals surface area contributed by atoms with Crippen LogP contribution in [0.15, 0.2) is 47.5 Å². The van der Waals surface area contributed by atoms with Crippen LogP contribution < -0.4 is 30.2 Å². The Morgan fingerprint density at radius 3 is 2.08 bits per heavy atom. The largest absolute Gasteiger partial charge is 0.493 e. The summed E-state index contributed by atoms with van der Waals surface area (Å²) in [6.07, 6.45) is 0.605. The van der Waals surface area contributed by atoms with Crippen LogP contribution in [0.1, 0.15) is 17.0 Å². The van der Waals surface area contributed by atoms with Gasteiger partial charge in [-0.15, -0.1) is 0 Å². The number of methoxy groups -OCH3 is 3. The molecule has 1 heterocycles. The molecular formula is C25H29FN6O3S. The summed E-state index contributed by atoms with van der Waals surface area (Å²) in [6.45, 7) is 4.18. The van der Waals surface area contributed by atoms with E-state index in [-0.39, 0.29) is 10.9 Å². The summed E-state index contributed by atoms with van der Waals surface area (Å²) in [4.78, 5) is 13.4. The van der Waals surface area contributed by atoms with Crippen LogP contribution in [-0.4, -0.2) is 48.9 Å². The van der Waals surface area contributed by atoms with Crippen molar-refractivity contribution in [3.05, 3.63) is 65.2 Å². The summed E-state index contributed by atoms with van der Waals surface area (Å²) >= 11 is 5.52. The lowest BCUT2D eigenvalue weighted by atomic mass is 10.1. The molecule has 0 spiro atoms. The highest BCUT2D eigenvalue weighted by Crippen LogP contribution is 2.39. The molecule has 9 nitrogen and oxygen atoms in total. The fourth-order valence-electron chi connectivity index (χ4n) is 3.37. The number of thiocarbonyl (C=S) groups is 1. The van der Waals surface area contributed by atoms with E-state index in [1.807, 2.05) is 19.9 Å². The molecule has 3 rings (SSSR count). The summed E-state index contributed by atoms with van der Waals surface area (Å²) < 4.78 is 29.4. The van der Waals surface area contributed by atoms with E-state index in [1.54, 1.807) is 24.3 Å². The maximum absolute atomic E-state index is 13.2. The molecular weight excluding hydrogens is 483 g/mol. The zero-order chi connectivity index (χ0) is 26.1. The molecule has 0 radical (unpaired) electrons. The average Bonchev–Trinajstić information content (AvgIpc) is 2.83. The number of aromatic nitrogens is 2. The average molecular weight is 513 g/mol. The SMILES string of the molecule is COc1cc(NC(=S)NC(=NCCc2ccc(F)cc2)Nc2nc(C)cc(C)n2)cc(OC)c1OC. The van der Waals surface area contributed by atoms with Crippen molar-refractivity contribution in [2.45, 2.75) is 20.3 Å². The monoisotopic (exact) mass is 512 g/mol. The van der Waals surface area contributed by atoms with Crippen molar-refractivity contribution < 1.29 is 18.6 Å². The van der Waals surface area contributed by atoms with Gasteiger partial charge in [0.2, 0.25) is 17.7 Å². The normalized spacial score (nSPS) is 11.0. The third-order valence-electron chi connectivity index (χ3n) is 4.95. The highest BCUT2D eigenvalue weighted by atomic mass is 32.1. The fraction of sp³-hybridized carbons (Fsp3) is 0.280. The second-order valence-corrected chi connectivity index (χ2v) is 8.11. The number of guanidine groups is 1. The van der Waals surface area contributed by atoms with E-state index in [0.717, 1.165) is 17.0 Å². The van der Waals surface area contributed by atoms with Gasteiger partial charge in [0, 0.05) is 35.8 Å². The van der Waals surface area contributed by atoms with Gasteiger partial charge in [-0.05, 0) is 56.2 Å². The number of hydrogen-bond donors (Lipinski definition) is 3. The number of ether oxygens (including phenoxy) is 3. The third-order valence-corrected chi connectivity index (χ3v) is 5.15. The van der Waals surface area contributed by atoms with Crippen molar-refractivity contribution in [2.24, 2.45) is 4.99 Å². The molecule has 0 amide bonds. The first-order valence-electron chi connectivity index (χ1n) is 11.1. The predicted octanol–water partition coefficient (Wildman–Crippen LogP) is 4.26. The van der Waals surface area contributed by atoms with Crippen LogP contribution in [0.2, 0.25) is 0 Å². The van der Waals surface area contributed by atoms with Crippen LogP contribution >= 0.6 is 12.2 Å². The van der Waals surface area contributed by atoms with Crippen LogP contribution in [0.3, 0.4) is 0 Å².